The van der Waals surface area contributed by atoms with Crippen LogP contribution in [-0.2, 0) is 0 Å². The Bertz CT molecular complexity index is 107. The van der Waals surface area contributed by atoms with Crippen molar-refractivity contribution in [2.45, 2.75) is 38.1 Å². The van der Waals surface area contributed by atoms with Gasteiger partial charge in [-0.15, -0.1) is 0 Å². The average Bonchev–Trinajstić information content (AvgIpc) is 1.60. The van der Waals surface area contributed by atoms with Crippen molar-refractivity contribution >= 4 is 0 Å². The first-order chi connectivity index (χ1) is 4.27. The molecule has 0 saturated heterocycles. The van der Waals surface area contributed by atoms with Gasteiger partial charge >= 0.3 is 0 Å². The Balaban J connectivity index is 3.89. The molecule has 0 aliphatic rings. The van der Waals surface area contributed by atoms with Crippen molar-refractivity contribution in [3.8, 4) is 0 Å². The molecule has 2 atom stereocenters. The van der Waals surface area contributed by atoms with Crippen LogP contribution >= 0.6 is 0 Å². The van der Waals surface area contributed by atoms with Gasteiger partial charge < -0.3 is 21.7 Å². The van der Waals surface area contributed by atoms with Crippen molar-refractivity contribution in [2.24, 2.45) is 11.5 Å². The summed E-state index contributed by atoms with van der Waals surface area (Å²) in [6.45, 7) is 3.13. The molecule has 0 aliphatic carbocycles. The van der Waals surface area contributed by atoms with Crippen molar-refractivity contribution in [3.63, 3.8) is 0 Å². The molecule has 0 aliphatic heterocycles. The van der Waals surface area contributed by atoms with Crippen LogP contribution in [0.4, 0.5) is 0 Å². The van der Waals surface area contributed by atoms with Gasteiger partial charge in [-0.2, -0.15) is 0 Å². The highest BCUT2D eigenvalue weighted by Gasteiger charge is 2.27. The van der Waals surface area contributed by atoms with Gasteiger partial charge in [0, 0.05) is 6.42 Å². The average molecular weight is 148 g/mol. The van der Waals surface area contributed by atoms with Crippen LogP contribution in [-0.4, -0.2) is 21.7 Å². The molecule has 10 heavy (non-hydrogen) atoms. The summed E-state index contributed by atoms with van der Waals surface area (Å²) in [6.07, 6.45) is 0.358. The second-order valence-corrected chi connectivity index (χ2v) is 2.99. The zero-order chi connectivity index (χ0) is 8.41. The fraction of sp³-hybridized carbons (Fsp3) is 1.00. The van der Waals surface area contributed by atoms with Crippen LogP contribution in [0.1, 0.15) is 26.7 Å². The third kappa shape index (κ3) is 4.69. The summed E-state index contributed by atoms with van der Waals surface area (Å²) in [6, 6.07) is 0. The number of rotatable bonds is 3. The van der Waals surface area contributed by atoms with Gasteiger partial charge in [0.15, 0.2) is 0 Å². The Morgan fingerprint density at radius 2 is 1.70 bits per heavy atom. The molecule has 0 aromatic rings. The van der Waals surface area contributed by atoms with Crippen molar-refractivity contribution in [3.05, 3.63) is 0 Å². The molecular weight excluding hydrogens is 132 g/mol. The lowest BCUT2D eigenvalue weighted by Crippen LogP contribution is -2.50. The number of aliphatic hydroxyl groups is 2. The predicted octanol–water partition coefficient (Wildman–Crippen LogP) is -0.899. The molecule has 0 spiro atoms. The molecule has 6 N–H and O–H groups in total. The van der Waals surface area contributed by atoms with Crippen molar-refractivity contribution in [2.75, 3.05) is 0 Å². The number of hydrogen-bond acceptors (Lipinski definition) is 4. The molecule has 4 heteroatoms. The fourth-order valence-corrected chi connectivity index (χ4v) is 0.745. The standard InChI is InChI=1S/C6H16N2O2/c1-3-6(8,10)4-5(2,7)9/h9-10H,3-4,7-8H2,1-2H3. The van der Waals surface area contributed by atoms with Crippen LogP contribution in [0.25, 0.3) is 0 Å². The molecule has 0 heterocycles. The van der Waals surface area contributed by atoms with Gasteiger partial charge in [-0.25, -0.2) is 0 Å². The topological polar surface area (TPSA) is 92.5 Å². The van der Waals surface area contributed by atoms with E-state index in [-0.39, 0.29) is 6.42 Å². The minimum Gasteiger partial charge on any atom is -0.376 e. The van der Waals surface area contributed by atoms with Gasteiger partial charge in [-0.05, 0) is 13.3 Å². The Kier molecular flexibility index (Phi) is 2.79. The predicted molar refractivity (Wildman–Crippen MR) is 38.9 cm³/mol. The van der Waals surface area contributed by atoms with Gasteiger partial charge in [0.05, 0.1) is 0 Å². The van der Waals surface area contributed by atoms with Crippen molar-refractivity contribution in [1.82, 2.24) is 0 Å². The summed E-state index contributed by atoms with van der Waals surface area (Å²) >= 11 is 0. The first-order valence-corrected chi connectivity index (χ1v) is 3.29. The zero-order valence-corrected chi connectivity index (χ0v) is 6.46. The van der Waals surface area contributed by atoms with Gasteiger partial charge in [0.25, 0.3) is 0 Å². The summed E-state index contributed by atoms with van der Waals surface area (Å²) in [4.78, 5) is 0. The highest BCUT2D eigenvalue weighted by molar-refractivity contribution is 4.77. The molecule has 0 rings (SSSR count). The molecule has 62 valence electrons. The smallest absolute Gasteiger partial charge is 0.117 e. The first kappa shape index (κ1) is 9.84. The van der Waals surface area contributed by atoms with E-state index in [1.807, 2.05) is 0 Å². The minimum absolute atomic E-state index is 0.0174. The Morgan fingerprint density at radius 3 is 1.80 bits per heavy atom. The monoisotopic (exact) mass is 148 g/mol. The Morgan fingerprint density at radius 1 is 1.30 bits per heavy atom. The second-order valence-electron chi connectivity index (χ2n) is 2.99. The Hall–Kier alpha value is -0.160. The van der Waals surface area contributed by atoms with Crippen LogP contribution in [0.5, 0.6) is 0 Å². The van der Waals surface area contributed by atoms with E-state index in [0.717, 1.165) is 0 Å². The van der Waals surface area contributed by atoms with Crippen LogP contribution in [0.3, 0.4) is 0 Å². The summed E-state index contributed by atoms with van der Waals surface area (Å²) in [5, 5.41) is 18.2. The molecule has 0 saturated carbocycles. The van der Waals surface area contributed by atoms with E-state index < -0.39 is 11.4 Å². The van der Waals surface area contributed by atoms with Crippen LogP contribution < -0.4 is 11.5 Å². The highest BCUT2D eigenvalue weighted by Crippen LogP contribution is 2.13. The zero-order valence-electron chi connectivity index (χ0n) is 6.46. The maximum absolute atomic E-state index is 9.20. The van der Waals surface area contributed by atoms with E-state index in [9.17, 15) is 5.11 Å². The molecule has 0 aromatic carbocycles. The fourth-order valence-electron chi connectivity index (χ4n) is 0.745. The van der Waals surface area contributed by atoms with Gasteiger partial charge in [0.2, 0.25) is 0 Å². The second kappa shape index (κ2) is 2.84. The van der Waals surface area contributed by atoms with Crippen molar-refractivity contribution < 1.29 is 10.2 Å². The molecule has 4 nitrogen and oxygen atoms in total. The molecule has 0 amide bonds. The van der Waals surface area contributed by atoms with Crippen molar-refractivity contribution in [1.29, 1.82) is 0 Å². The highest BCUT2D eigenvalue weighted by atomic mass is 16.3. The van der Waals surface area contributed by atoms with Crippen LogP contribution in [0.15, 0.2) is 0 Å². The van der Waals surface area contributed by atoms with Gasteiger partial charge in [-0.3, -0.25) is 0 Å². The number of hydrogen-bond donors (Lipinski definition) is 4. The molecule has 0 radical (unpaired) electrons. The Labute approximate surface area is 60.8 Å². The van der Waals surface area contributed by atoms with E-state index in [2.05, 4.69) is 0 Å². The van der Waals surface area contributed by atoms with E-state index >= 15 is 0 Å². The van der Waals surface area contributed by atoms with E-state index in [4.69, 9.17) is 16.6 Å². The largest absolute Gasteiger partial charge is 0.376 e. The first-order valence-electron chi connectivity index (χ1n) is 3.29. The lowest BCUT2D eigenvalue weighted by molar-refractivity contribution is -0.0507. The van der Waals surface area contributed by atoms with Crippen LogP contribution in [0.2, 0.25) is 0 Å². The van der Waals surface area contributed by atoms with E-state index in [1.54, 1.807) is 6.92 Å². The van der Waals surface area contributed by atoms with E-state index in [0.29, 0.717) is 6.42 Å². The SMILES string of the molecule is CCC(N)(O)CC(C)(N)O. The molecule has 2 unspecified atom stereocenters. The third-order valence-electron chi connectivity index (χ3n) is 1.28. The van der Waals surface area contributed by atoms with E-state index in [1.165, 1.54) is 6.92 Å². The lowest BCUT2D eigenvalue weighted by Gasteiger charge is -2.28. The number of nitrogens with two attached hydrogens (primary N) is 2. The molecule has 0 bridgehead atoms. The van der Waals surface area contributed by atoms with Gasteiger partial charge in [-0.1, -0.05) is 6.92 Å². The normalized spacial score (nSPS) is 23.4. The maximum atomic E-state index is 9.20. The van der Waals surface area contributed by atoms with Gasteiger partial charge in [0.1, 0.15) is 11.4 Å². The summed E-state index contributed by atoms with van der Waals surface area (Å²) in [5.74, 6) is 0. The quantitative estimate of drug-likeness (QED) is 0.390. The molecular formula is C6H16N2O2. The summed E-state index contributed by atoms with van der Waals surface area (Å²) in [5.41, 5.74) is 7.79. The minimum atomic E-state index is -1.39. The lowest BCUT2D eigenvalue weighted by atomic mass is 10.0. The summed E-state index contributed by atoms with van der Waals surface area (Å²) < 4.78 is 0. The molecule has 0 aromatic heterocycles. The molecule has 0 fully saturated rings. The van der Waals surface area contributed by atoms with Crippen LogP contribution in [0, 0.1) is 0 Å². The third-order valence-corrected chi connectivity index (χ3v) is 1.28. The summed E-state index contributed by atoms with van der Waals surface area (Å²) in [7, 11) is 0. The maximum Gasteiger partial charge on any atom is 0.117 e.